The second-order valence-electron chi connectivity index (χ2n) is 15.2. The maximum Gasteiger partial charge on any atom is 0.341 e. The Labute approximate surface area is 358 Å². The van der Waals surface area contributed by atoms with Crippen molar-refractivity contribution in [3.63, 3.8) is 0 Å². The quantitative estimate of drug-likeness (QED) is 0.0566. The van der Waals surface area contributed by atoms with E-state index in [-0.39, 0.29) is 17.0 Å². The average Bonchev–Trinajstić information content (AvgIpc) is 3.61. The molecule has 1 aliphatic carbocycles. The molecule has 0 fully saturated rings. The van der Waals surface area contributed by atoms with E-state index in [1.165, 1.54) is 57.6 Å². The number of benzene rings is 4. The molecular formula is C47H49N3O8S2. The lowest BCUT2D eigenvalue weighted by molar-refractivity contribution is -0.116. The summed E-state index contributed by atoms with van der Waals surface area (Å²) in [5.74, 6) is -0.305. The number of thiophene rings is 1. The van der Waals surface area contributed by atoms with Crippen LogP contribution in [0.5, 0.6) is 17.2 Å². The van der Waals surface area contributed by atoms with Gasteiger partial charge in [-0.15, -0.1) is 23.1 Å². The number of hydrogen-bond donors (Lipinski definition) is 3. The van der Waals surface area contributed by atoms with Crippen LogP contribution in [0.15, 0.2) is 108 Å². The lowest BCUT2D eigenvalue weighted by atomic mass is 9.72. The fourth-order valence-corrected chi connectivity index (χ4v) is 9.49. The largest absolute Gasteiger partial charge is 0.493 e. The Kier molecular flexibility index (Phi) is 14.0. The molecule has 0 radical (unpaired) electrons. The van der Waals surface area contributed by atoms with Crippen LogP contribution in [-0.2, 0) is 27.2 Å². The molecule has 0 spiro atoms. The number of carbonyl (C=O) groups excluding carboxylic acids is 4. The Bertz CT molecular complexity index is 2360. The van der Waals surface area contributed by atoms with Crippen LogP contribution in [0.2, 0.25) is 0 Å². The Morgan fingerprint density at radius 2 is 1.48 bits per heavy atom. The molecule has 0 saturated carbocycles. The van der Waals surface area contributed by atoms with Crippen molar-refractivity contribution in [2.24, 2.45) is 11.3 Å². The summed E-state index contributed by atoms with van der Waals surface area (Å²) >= 11 is 2.75. The highest BCUT2D eigenvalue weighted by molar-refractivity contribution is 8.00. The number of anilines is 2. The number of rotatable bonds is 14. The van der Waals surface area contributed by atoms with E-state index in [4.69, 9.17) is 18.9 Å². The van der Waals surface area contributed by atoms with Crippen molar-refractivity contribution in [2.75, 3.05) is 39.1 Å². The predicted molar refractivity (Wildman–Crippen MR) is 237 cm³/mol. The van der Waals surface area contributed by atoms with E-state index in [1.54, 1.807) is 60.7 Å². The van der Waals surface area contributed by atoms with Gasteiger partial charge in [-0.25, -0.2) is 4.79 Å². The maximum absolute atomic E-state index is 14.4. The first-order valence-electron chi connectivity index (χ1n) is 19.4. The zero-order valence-electron chi connectivity index (χ0n) is 34.7. The summed E-state index contributed by atoms with van der Waals surface area (Å²) in [5.41, 5.74) is 3.47. The normalized spacial score (nSPS) is 14.2. The van der Waals surface area contributed by atoms with Gasteiger partial charge in [0.2, 0.25) is 11.7 Å². The monoisotopic (exact) mass is 847 g/mol. The molecule has 2 unspecified atom stereocenters. The fraction of sp³-hybridized carbons (Fsp3) is 0.277. The first-order valence-corrected chi connectivity index (χ1v) is 21.1. The number of methoxy groups -OCH3 is 4. The van der Waals surface area contributed by atoms with Crippen LogP contribution in [0.4, 0.5) is 10.7 Å². The third-order valence-electron chi connectivity index (χ3n) is 10.3. The number of nitrogens with one attached hydrogen (secondary N) is 3. The molecule has 1 heterocycles. The molecule has 13 heteroatoms. The van der Waals surface area contributed by atoms with Crippen molar-refractivity contribution in [1.82, 2.24) is 5.32 Å². The molecule has 6 rings (SSSR count). The molecule has 60 heavy (non-hydrogen) atoms. The molecule has 1 aliphatic rings. The smallest absolute Gasteiger partial charge is 0.341 e. The number of hydrogen-bond acceptors (Lipinski definition) is 10. The molecular weight excluding hydrogens is 799 g/mol. The van der Waals surface area contributed by atoms with E-state index >= 15 is 0 Å². The maximum atomic E-state index is 14.4. The molecule has 3 amide bonds. The van der Waals surface area contributed by atoms with E-state index < -0.39 is 23.0 Å². The Balaban J connectivity index is 1.28. The van der Waals surface area contributed by atoms with Crippen molar-refractivity contribution in [3.05, 3.63) is 135 Å². The SMILES string of the molecule is COC(=O)c1c(NC(=O)C(Sc2cccc(NC(=O)/C(=C\c3cc(OC)c(OC)c(OC)c3)NC(=O)c3ccccc3)c2)c2ccccc2)sc2c1CCC(C(C)(C)C)C2. The average molecular weight is 848 g/mol. The van der Waals surface area contributed by atoms with Crippen molar-refractivity contribution in [1.29, 1.82) is 0 Å². The van der Waals surface area contributed by atoms with Crippen molar-refractivity contribution >= 4 is 63.6 Å². The minimum atomic E-state index is -0.732. The van der Waals surface area contributed by atoms with Crippen LogP contribution in [0.3, 0.4) is 0 Å². The fourth-order valence-electron chi connectivity index (χ4n) is 7.08. The van der Waals surface area contributed by atoms with Crippen molar-refractivity contribution < 1.29 is 38.1 Å². The third kappa shape index (κ3) is 10.2. The molecule has 1 aromatic heterocycles. The summed E-state index contributed by atoms with van der Waals surface area (Å²) < 4.78 is 21.7. The summed E-state index contributed by atoms with van der Waals surface area (Å²) in [4.78, 5) is 56.8. The first-order chi connectivity index (χ1) is 28.8. The lowest BCUT2D eigenvalue weighted by Gasteiger charge is -2.33. The summed E-state index contributed by atoms with van der Waals surface area (Å²) in [6.07, 6.45) is 4.03. The highest BCUT2D eigenvalue weighted by Gasteiger charge is 2.35. The number of amides is 3. The number of fused-ring (bicyclic) bond motifs is 1. The molecule has 0 bridgehead atoms. The third-order valence-corrected chi connectivity index (χ3v) is 12.7. The van der Waals surface area contributed by atoms with Gasteiger partial charge in [0.05, 0.1) is 34.0 Å². The van der Waals surface area contributed by atoms with Gasteiger partial charge in [-0.3, -0.25) is 14.4 Å². The van der Waals surface area contributed by atoms with Gasteiger partial charge in [0.25, 0.3) is 11.8 Å². The molecule has 312 valence electrons. The minimum Gasteiger partial charge on any atom is -0.493 e. The first kappa shape index (κ1) is 43.5. The number of ether oxygens (including phenoxy) is 4. The zero-order valence-corrected chi connectivity index (χ0v) is 36.3. The van der Waals surface area contributed by atoms with E-state index in [9.17, 15) is 19.2 Å². The van der Waals surface area contributed by atoms with Gasteiger partial charge in [0, 0.05) is 21.0 Å². The highest BCUT2D eigenvalue weighted by atomic mass is 32.2. The molecule has 4 aromatic carbocycles. The lowest BCUT2D eigenvalue weighted by Crippen LogP contribution is -2.30. The van der Waals surface area contributed by atoms with E-state index in [1.807, 2.05) is 36.4 Å². The van der Waals surface area contributed by atoms with Crippen LogP contribution in [0, 0.1) is 11.3 Å². The van der Waals surface area contributed by atoms with Crippen molar-refractivity contribution in [3.8, 4) is 17.2 Å². The van der Waals surface area contributed by atoms with Gasteiger partial charge >= 0.3 is 5.97 Å². The van der Waals surface area contributed by atoms with Crippen molar-refractivity contribution in [2.45, 2.75) is 50.2 Å². The van der Waals surface area contributed by atoms with Gasteiger partial charge < -0.3 is 34.9 Å². The van der Waals surface area contributed by atoms with Crippen LogP contribution in [0.1, 0.15) is 74.7 Å². The van der Waals surface area contributed by atoms with Crippen LogP contribution in [0.25, 0.3) is 6.08 Å². The second kappa shape index (κ2) is 19.3. The van der Waals surface area contributed by atoms with E-state index in [0.29, 0.717) is 55.4 Å². The number of esters is 1. The van der Waals surface area contributed by atoms with Crippen LogP contribution >= 0.6 is 23.1 Å². The molecule has 5 aromatic rings. The van der Waals surface area contributed by atoms with Gasteiger partial charge in [-0.1, -0.05) is 75.4 Å². The van der Waals surface area contributed by atoms with Gasteiger partial charge in [0.1, 0.15) is 15.9 Å². The molecule has 3 N–H and O–H groups in total. The topological polar surface area (TPSA) is 141 Å². The Morgan fingerprint density at radius 3 is 2.10 bits per heavy atom. The van der Waals surface area contributed by atoms with Gasteiger partial charge in [-0.05, 0) is 95.8 Å². The number of thioether (sulfide) groups is 1. The zero-order chi connectivity index (χ0) is 43.0. The summed E-state index contributed by atoms with van der Waals surface area (Å²) in [6, 6.07) is 28.4. The highest BCUT2D eigenvalue weighted by Crippen LogP contribution is 2.46. The Hall–Kier alpha value is -6.05. The van der Waals surface area contributed by atoms with Crippen LogP contribution in [-0.4, -0.2) is 52.1 Å². The minimum absolute atomic E-state index is 0.0494. The van der Waals surface area contributed by atoms with Gasteiger partial charge in [0.15, 0.2) is 11.5 Å². The molecule has 0 saturated heterocycles. The predicted octanol–water partition coefficient (Wildman–Crippen LogP) is 9.59. The van der Waals surface area contributed by atoms with E-state index in [2.05, 4.69) is 36.7 Å². The molecule has 11 nitrogen and oxygen atoms in total. The van der Waals surface area contributed by atoms with Crippen LogP contribution < -0.4 is 30.2 Å². The molecule has 0 aliphatic heterocycles. The summed E-state index contributed by atoms with van der Waals surface area (Å²) in [7, 11) is 5.83. The molecule has 2 atom stereocenters. The summed E-state index contributed by atoms with van der Waals surface area (Å²) in [6.45, 7) is 6.71. The standard InChI is InChI=1S/C47H49N3O8S2/c1-47(2,3)31-21-22-34-38(26-31)60-45(39(34)46(54)58-7)50-44(53)41(29-15-10-8-11-16-29)59-33-20-14-19-32(27-33)48-43(52)35(49-42(51)30-17-12-9-13-18-30)23-28-24-36(55-4)40(57-6)37(25-28)56-5/h8-20,23-25,27,31,41H,21-22,26H2,1-7H3,(H,48,52)(H,49,51)(H,50,53)/b35-23+. The number of carbonyl (C=O) groups is 4. The summed E-state index contributed by atoms with van der Waals surface area (Å²) in [5, 5.41) is 8.54. The second-order valence-corrected chi connectivity index (χ2v) is 17.5. The van der Waals surface area contributed by atoms with Gasteiger partial charge in [-0.2, -0.15) is 0 Å². The van der Waals surface area contributed by atoms with E-state index in [0.717, 1.165) is 35.3 Å². The Morgan fingerprint density at radius 1 is 0.817 bits per heavy atom.